The first-order chi connectivity index (χ1) is 8.38. The quantitative estimate of drug-likeness (QED) is 0.844. The molecule has 0 amide bonds. The monoisotopic (exact) mass is 243 g/mol. The van der Waals surface area contributed by atoms with E-state index < -0.39 is 5.97 Å². The molecule has 0 spiro atoms. The molecule has 0 heterocycles. The second kappa shape index (κ2) is 4.33. The molecule has 0 bridgehead atoms. The number of anilines is 1. The van der Waals surface area contributed by atoms with Crippen LogP contribution in [0, 0.1) is 0 Å². The minimum Gasteiger partial charge on any atom is -0.478 e. The number of hydrogen-bond acceptors (Lipinski definition) is 2. The van der Waals surface area contributed by atoms with E-state index in [1.165, 1.54) is 0 Å². The maximum atomic E-state index is 11.3. The zero-order chi connectivity index (χ0) is 13.3. The summed E-state index contributed by atoms with van der Waals surface area (Å²) in [5.41, 5.74) is 0.811. The van der Waals surface area contributed by atoms with Gasteiger partial charge in [-0.15, -0.1) is 0 Å². The predicted molar refractivity (Wildman–Crippen MR) is 74.3 cm³/mol. The first-order valence-corrected chi connectivity index (χ1v) is 5.92. The van der Waals surface area contributed by atoms with Gasteiger partial charge in [-0.25, -0.2) is 4.79 Å². The number of carbonyl (C=O) groups is 1. The Labute approximate surface area is 106 Å². The molecule has 3 heteroatoms. The Hall–Kier alpha value is -2.03. The van der Waals surface area contributed by atoms with Crippen molar-refractivity contribution in [1.29, 1.82) is 0 Å². The average Bonchev–Trinajstić information content (AvgIpc) is 2.27. The summed E-state index contributed by atoms with van der Waals surface area (Å²) in [6, 6.07) is 11.3. The fourth-order valence-corrected chi connectivity index (χ4v) is 1.96. The van der Waals surface area contributed by atoms with Crippen molar-refractivity contribution < 1.29 is 9.90 Å². The van der Waals surface area contributed by atoms with E-state index in [1.807, 2.05) is 51.1 Å². The zero-order valence-electron chi connectivity index (χ0n) is 10.8. The van der Waals surface area contributed by atoms with Crippen LogP contribution >= 0.6 is 0 Å². The predicted octanol–water partition coefficient (Wildman–Crippen LogP) is 3.75. The highest BCUT2D eigenvalue weighted by Crippen LogP contribution is 2.29. The van der Waals surface area contributed by atoms with Gasteiger partial charge in [-0.1, -0.05) is 30.3 Å². The standard InChI is InChI=1S/C15H17NO2/c1-15(2,3)16-13-11-7-5-4-6-10(11)8-9-12(13)14(17)18/h4-9,16H,1-3H3,(H,17,18). The Kier molecular flexibility index (Phi) is 2.99. The van der Waals surface area contributed by atoms with E-state index in [9.17, 15) is 9.90 Å². The molecule has 0 aliphatic rings. The number of carboxylic acids is 1. The Balaban J connectivity index is 2.70. The van der Waals surface area contributed by atoms with Gasteiger partial charge in [0.25, 0.3) is 0 Å². The van der Waals surface area contributed by atoms with Gasteiger partial charge >= 0.3 is 5.97 Å². The minimum atomic E-state index is -0.910. The largest absolute Gasteiger partial charge is 0.478 e. The van der Waals surface area contributed by atoms with Crippen LogP contribution < -0.4 is 5.32 Å². The van der Waals surface area contributed by atoms with Crippen LogP contribution in [0.3, 0.4) is 0 Å². The molecule has 2 aromatic carbocycles. The summed E-state index contributed by atoms with van der Waals surface area (Å²) in [5, 5.41) is 14.5. The van der Waals surface area contributed by atoms with E-state index in [1.54, 1.807) is 6.07 Å². The van der Waals surface area contributed by atoms with E-state index >= 15 is 0 Å². The average molecular weight is 243 g/mol. The number of nitrogens with one attached hydrogen (secondary N) is 1. The fraction of sp³-hybridized carbons (Fsp3) is 0.267. The molecule has 0 saturated heterocycles. The van der Waals surface area contributed by atoms with Crippen LogP contribution in [0.25, 0.3) is 10.8 Å². The molecule has 0 atom stereocenters. The highest BCUT2D eigenvalue weighted by molar-refractivity contribution is 6.06. The Morgan fingerprint density at radius 3 is 2.39 bits per heavy atom. The molecular formula is C15H17NO2. The van der Waals surface area contributed by atoms with Crippen molar-refractivity contribution in [2.45, 2.75) is 26.3 Å². The third kappa shape index (κ3) is 2.45. The van der Waals surface area contributed by atoms with Gasteiger partial charge in [0.2, 0.25) is 0 Å². The third-order valence-corrected chi connectivity index (χ3v) is 2.66. The third-order valence-electron chi connectivity index (χ3n) is 2.66. The number of hydrogen-bond donors (Lipinski definition) is 2. The number of rotatable bonds is 2. The van der Waals surface area contributed by atoms with Crippen LogP contribution in [-0.2, 0) is 0 Å². The maximum absolute atomic E-state index is 11.3. The Morgan fingerprint density at radius 2 is 1.78 bits per heavy atom. The smallest absolute Gasteiger partial charge is 0.337 e. The van der Waals surface area contributed by atoms with Crippen LogP contribution in [0.2, 0.25) is 0 Å². The van der Waals surface area contributed by atoms with Crippen molar-refractivity contribution in [3.05, 3.63) is 42.0 Å². The zero-order valence-corrected chi connectivity index (χ0v) is 10.8. The molecule has 3 nitrogen and oxygen atoms in total. The molecule has 18 heavy (non-hydrogen) atoms. The van der Waals surface area contributed by atoms with E-state index in [0.717, 1.165) is 10.8 Å². The van der Waals surface area contributed by atoms with E-state index in [-0.39, 0.29) is 5.54 Å². The van der Waals surface area contributed by atoms with Crippen LogP contribution in [0.4, 0.5) is 5.69 Å². The number of carboxylic acid groups (broad SMARTS) is 1. The summed E-state index contributed by atoms with van der Waals surface area (Å²) in [4.78, 5) is 11.3. The van der Waals surface area contributed by atoms with Gasteiger partial charge in [0, 0.05) is 10.9 Å². The fourth-order valence-electron chi connectivity index (χ4n) is 1.96. The van der Waals surface area contributed by atoms with Gasteiger partial charge in [0.1, 0.15) is 0 Å². The summed E-state index contributed by atoms with van der Waals surface area (Å²) >= 11 is 0. The molecule has 2 N–H and O–H groups in total. The molecule has 2 rings (SSSR count). The maximum Gasteiger partial charge on any atom is 0.337 e. The van der Waals surface area contributed by atoms with Gasteiger partial charge in [0.15, 0.2) is 0 Å². The summed E-state index contributed by atoms with van der Waals surface area (Å²) in [7, 11) is 0. The normalized spacial score (nSPS) is 11.5. The van der Waals surface area contributed by atoms with E-state index in [4.69, 9.17) is 0 Å². The molecule has 0 aliphatic heterocycles. The summed E-state index contributed by atoms with van der Waals surface area (Å²) < 4.78 is 0. The lowest BCUT2D eigenvalue weighted by Gasteiger charge is -2.24. The molecule has 0 aliphatic carbocycles. The molecule has 2 aromatic rings. The first-order valence-electron chi connectivity index (χ1n) is 5.92. The summed E-state index contributed by atoms with van der Waals surface area (Å²) in [6.45, 7) is 6.04. The second-order valence-corrected chi connectivity index (χ2v) is 5.39. The molecule has 0 radical (unpaired) electrons. The van der Waals surface area contributed by atoms with Crippen molar-refractivity contribution in [2.24, 2.45) is 0 Å². The van der Waals surface area contributed by atoms with Crippen molar-refractivity contribution in [3.8, 4) is 0 Å². The van der Waals surface area contributed by atoms with Gasteiger partial charge in [-0.3, -0.25) is 0 Å². The minimum absolute atomic E-state index is 0.186. The van der Waals surface area contributed by atoms with Crippen LogP contribution in [0.5, 0.6) is 0 Å². The highest BCUT2D eigenvalue weighted by Gasteiger charge is 2.18. The number of aromatic carboxylic acids is 1. The number of benzene rings is 2. The summed E-state index contributed by atoms with van der Waals surface area (Å²) in [6.07, 6.45) is 0. The van der Waals surface area contributed by atoms with Crippen LogP contribution in [-0.4, -0.2) is 16.6 Å². The van der Waals surface area contributed by atoms with Crippen molar-refractivity contribution in [1.82, 2.24) is 0 Å². The van der Waals surface area contributed by atoms with E-state index in [2.05, 4.69) is 5.32 Å². The second-order valence-electron chi connectivity index (χ2n) is 5.39. The lowest BCUT2D eigenvalue weighted by atomic mass is 10.0. The van der Waals surface area contributed by atoms with Gasteiger partial charge in [0.05, 0.1) is 11.3 Å². The van der Waals surface area contributed by atoms with Crippen LogP contribution in [0.15, 0.2) is 36.4 Å². The Morgan fingerprint density at radius 1 is 1.11 bits per heavy atom. The van der Waals surface area contributed by atoms with Crippen molar-refractivity contribution in [3.63, 3.8) is 0 Å². The lowest BCUT2D eigenvalue weighted by molar-refractivity contribution is 0.0698. The molecule has 0 unspecified atom stereocenters. The van der Waals surface area contributed by atoms with Gasteiger partial charge in [-0.05, 0) is 32.2 Å². The first kappa shape index (κ1) is 12.4. The van der Waals surface area contributed by atoms with Gasteiger partial charge in [-0.2, -0.15) is 0 Å². The highest BCUT2D eigenvalue weighted by atomic mass is 16.4. The van der Waals surface area contributed by atoms with Crippen LogP contribution in [0.1, 0.15) is 31.1 Å². The molecule has 0 fully saturated rings. The molecule has 0 aromatic heterocycles. The van der Waals surface area contributed by atoms with Crippen molar-refractivity contribution in [2.75, 3.05) is 5.32 Å². The Bertz CT molecular complexity index is 597. The topological polar surface area (TPSA) is 49.3 Å². The van der Waals surface area contributed by atoms with E-state index in [0.29, 0.717) is 11.3 Å². The molecule has 94 valence electrons. The lowest BCUT2D eigenvalue weighted by Crippen LogP contribution is -2.27. The molecule has 0 saturated carbocycles. The number of fused-ring (bicyclic) bond motifs is 1. The molecular weight excluding hydrogens is 226 g/mol. The SMILES string of the molecule is CC(C)(C)Nc1c(C(=O)O)ccc2ccccc12. The van der Waals surface area contributed by atoms with Gasteiger partial charge < -0.3 is 10.4 Å². The van der Waals surface area contributed by atoms with Crippen molar-refractivity contribution >= 4 is 22.4 Å². The summed E-state index contributed by atoms with van der Waals surface area (Å²) in [5.74, 6) is -0.910.